The highest BCUT2D eigenvalue weighted by Gasteiger charge is 2.46. The molecule has 1 N–H and O–H groups in total. The van der Waals surface area contributed by atoms with Crippen molar-refractivity contribution in [2.75, 3.05) is 25.5 Å². The van der Waals surface area contributed by atoms with Crippen LogP contribution in [0.1, 0.15) is 23.5 Å². The van der Waals surface area contributed by atoms with Gasteiger partial charge in [0.2, 0.25) is 0 Å². The van der Waals surface area contributed by atoms with Gasteiger partial charge in [0.15, 0.2) is 27.9 Å². The molecule has 2 aromatic heterocycles. The van der Waals surface area contributed by atoms with Gasteiger partial charge >= 0.3 is 0 Å². The molecule has 1 aliphatic carbocycles. The Bertz CT molecular complexity index is 1550. The number of hydrogen-bond acceptors (Lipinski definition) is 8. The predicted octanol–water partition coefficient (Wildman–Crippen LogP) is 3.53. The van der Waals surface area contributed by atoms with Crippen molar-refractivity contribution < 1.29 is 31.5 Å². The fraction of sp³-hybridized carbons (Fsp3) is 0.304. The highest BCUT2D eigenvalue weighted by Crippen LogP contribution is 2.56. The maximum atomic E-state index is 15.3. The predicted molar refractivity (Wildman–Crippen MR) is 122 cm³/mol. The van der Waals surface area contributed by atoms with E-state index in [1.165, 1.54) is 20.3 Å². The van der Waals surface area contributed by atoms with Crippen LogP contribution in [-0.2, 0) is 16.6 Å². The van der Waals surface area contributed by atoms with E-state index in [0.29, 0.717) is 12.5 Å². The van der Waals surface area contributed by atoms with Crippen LogP contribution in [0.3, 0.4) is 0 Å². The number of hydrogen-bond donors (Lipinski definition) is 1. The highest BCUT2D eigenvalue weighted by atomic mass is 32.2. The van der Waals surface area contributed by atoms with Crippen molar-refractivity contribution in [1.82, 2.24) is 14.9 Å². The third-order valence-electron chi connectivity index (χ3n) is 6.42. The minimum Gasteiger partial charge on any atom is -0.495 e. The van der Waals surface area contributed by atoms with Crippen LogP contribution in [0.15, 0.2) is 46.1 Å². The minimum atomic E-state index is -4.27. The van der Waals surface area contributed by atoms with E-state index in [1.54, 1.807) is 29.2 Å². The van der Waals surface area contributed by atoms with E-state index in [-0.39, 0.29) is 57.0 Å². The Morgan fingerprint density at radius 2 is 2.14 bits per heavy atom. The summed E-state index contributed by atoms with van der Waals surface area (Å²) < 4.78 is 68.3. The number of sulfonamides is 1. The molecule has 1 saturated carbocycles. The van der Waals surface area contributed by atoms with Gasteiger partial charge in [-0.05, 0) is 36.1 Å². The summed E-state index contributed by atoms with van der Waals surface area (Å²) >= 11 is 0. The number of methoxy groups -OCH3 is 2. The van der Waals surface area contributed by atoms with E-state index in [9.17, 15) is 8.42 Å². The Kier molecular flexibility index (Phi) is 4.88. The molecule has 2 aliphatic rings. The van der Waals surface area contributed by atoms with E-state index in [4.69, 9.17) is 18.7 Å². The van der Waals surface area contributed by atoms with Crippen molar-refractivity contribution in [3.63, 3.8) is 0 Å². The average molecular weight is 501 g/mol. The van der Waals surface area contributed by atoms with Gasteiger partial charge in [0.1, 0.15) is 16.9 Å². The van der Waals surface area contributed by atoms with Crippen molar-refractivity contribution in [3.05, 3.63) is 53.6 Å². The quantitative estimate of drug-likeness (QED) is 0.410. The van der Waals surface area contributed by atoms with Crippen molar-refractivity contribution in [3.8, 4) is 17.2 Å². The number of aromatic nitrogens is 3. The number of nitrogens with zero attached hydrogens (tertiary/aromatic N) is 3. The number of rotatable bonds is 7. The molecule has 2 aromatic carbocycles. The van der Waals surface area contributed by atoms with Crippen LogP contribution in [0.25, 0.3) is 11.0 Å². The molecule has 2 unspecified atom stereocenters. The first kappa shape index (κ1) is 21.7. The lowest BCUT2D eigenvalue weighted by atomic mass is 10.1. The van der Waals surface area contributed by atoms with Gasteiger partial charge in [0.05, 0.1) is 27.4 Å². The Balaban J connectivity index is 1.43. The molecule has 0 spiro atoms. The largest absolute Gasteiger partial charge is 0.495 e. The Hall–Kier alpha value is -3.80. The zero-order valence-corrected chi connectivity index (χ0v) is 19.6. The first-order valence-electron chi connectivity index (χ1n) is 10.9. The van der Waals surface area contributed by atoms with Gasteiger partial charge in [0, 0.05) is 23.9 Å². The number of anilines is 1. The molecule has 6 rings (SSSR count). The molecular weight excluding hydrogens is 479 g/mol. The normalized spacial score (nSPS) is 18.5. The molecule has 182 valence electrons. The fourth-order valence-electron chi connectivity index (χ4n) is 4.64. The number of nitrogens with one attached hydrogen (secondary N) is 1. The number of halogens is 1. The van der Waals surface area contributed by atoms with Gasteiger partial charge in [0.25, 0.3) is 10.0 Å². The molecule has 3 heterocycles. The first-order valence-corrected chi connectivity index (χ1v) is 12.4. The summed E-state index contributed by atoms with van der Waals surface area (Å²) in [6.45, 7) is 0.568. The van der Waals surface area contributed by atoms with Gasteiger partial charge in [-0.15, -0.1) is 0 Å². The monoisotopic (exact) mass is 500 g/mol. The third-order valence-corrected chi connectivity index (χ3v) is 7.80. The van der Waals surface area contributed by atoms with Crippen molar-refractivity contribution in [2.24, 2.45) is 5.92 Å². The van der Waals surface area contributed by atoms with Gasteiger partial charge in [-0.1, -0.05) is 11.2 Å². The van der Waals surface area contributed by atoms with Crippen molar-refractivity contribution in [2.45, 2.75) is 23.8 Å². The smallest absolute Gasteiger partial charge is 0.270 e. The zero-order valence-electron chi connectivity index (χ0n) is 18.8. The Labute approximate surface area is 199 Å². The van der Waals surface area contributed by atoms with Crippen LogP contribution < -0.4 is 18.9 Å². The van der Waals surface area contributed by atoms with Crippen LogP contribution >= 0.6 is 0 Å². The standard InChI is InChI=1S/C23H21FN4O6S/c1-31-16-5-4-14-15-8-13(15)11-33-20(14)22(16)35(29,30)27-23-18-17(34-26-23)9-12(19(24)21(18)32-2)10-28-7-3-6-25-28/h3-7,9,13,15H,8,10-11H2,1-2H3,(H,26,27). The first-order chi connectivity index (χ1) is 16.9. The van der Waals surface area contributed by atoms with Crippen molar-refractivity contribution in [1.29, 1.82) is 0 Å². The van der Waals surface area contributed by atoms with Gasteiger partial charge in [-0.3, -0.25) is 9.40 Å². The summed E-state index contributed by atoms with van der Waals surface area (Å²) in [6, 6.07) is 6.61. The third kappa shape index (κ3) is 3.47. The molecule has 1 aliphatic heterocycles. The highest BCUT2D eigenvalue weighted by molar-refractivity contribution is 7.93. The maximum absolute atomic E-state index is 15.3. The molecule has 4 aromatic rings. The summed E-state index contributed by atoms with van der Waals surface area (Å²) in [7, 11) is -1.59. The fourth-order valence-corrected chi connectivity index (χ4v) is 5.97. The molecule has 0 amide bonds. The van der Waals surface area contributed by atoms with Crippen LogP contribution in [-0.4, -0.2) is 44.2 Å². The summed E-state index contributed by atoms with van der Waals surface area (Å²) in [5, 5.41) is 8.01. The summed E-state index contributed by atoms with van der Waals surface area (Å²) in [6.07, 6.45) is 4.23. The summed E-state index contributed by atoms with van der Waals surface area (Å²) in [4.78, 5) is -0.131. The summed E-state index contributed by atoms with van der Waals surface area (Å²) in [5.74, 6) is 0.00243. The van der Waals surface area contributed by atoms with Crippen molar-refractivity contribution >= 4 is 26.8 Å². The molecule has 2 atom stereocenters. The lowest BCUT2D eigenvalue weighted by Gasteiger charge is -2.21. The van der Waals surface area contributed by atoms with Gasteiger partial charge < -0.3 is 18.7 Å². The molecule has 1 fully saturated rings. The molecule has 0 radical (unpaired) electrons. The lowest BCUT2D eigenvalue weighted by Crippen LogP contribution is -2.19. The number of benzene rings is 2. The van der Waals surface area contributed by atoms with E-state index < -0.39 is 15.8 Å². The molecular formula is C23H21FN4O6S. The molecule has 0 saturated heterocycles. The topological polar surface area (TPSA) is 118 Å². The van der Waals surface area contributed by atoms with Gasteiger partial charge in [-0.25, -0.2) is 12.8 Å². The van der Waals surface area contributed by atoms with E-state index in [0.717, 1.165) is 12.0 Å². The molecule has 12 heteroatoms. The van der Waals surface area contributed by atoms with Gasteiger partial charge in [-0.2, -0.15) is 5.10 Å². The number of fused-ring (bicyclic) bond motifs is 4. The van der Waals surface area contributed by atoms with Crippen LogP contribution in [0, 0.1) is 11.7 Å². The van der Waals surface area contributed by atoms with Crippen LogP contribution in [0.2, 0.25) is 0 Å². The van der Waals surface area contributed by atoms with E-state index >= 15 is 4.39 Å². The summed E-state index contributed by atoms with van der Waals surface area (Å²) in [5.41, 5.74) is 1.23. The van der Waals surface area contributed by atoms with E-state index in [2.05, 4.69) is 15.0 Å². The molecule has 10 nitrogen and oxygen atoms in total. The zero-order chi connectivity index (χ0) is 24.3. The van der Waals surface area contributed by atoms with Crippen LogP contribution in [0.4, 0.5) is 10.2 Å². The molecule has 35 heavy (non-hydrogen) atoms. The molecule has 0 bridgehead atoms. The minimum absolute atomic E-state index is 0.0599. The second-order valence-corrected chi connectivity index (χ2v) is 10.1. The average Bonchev–Trinajstić information content (AvgIpc) is 3.30. The second kappa shape index (κ2) is 7.87. The number of ether oxygens (including phenoxy) is 3. The lowest BCUT2D eigenvalue weighted by molar-refractivity contribution is 0.267. The van der Waals surface area contributed by atoms with Crippen LogP contribution in [0.5, 0.6) is 17.2 Å². The maximum Gasteiger partial charge on any atom is 0.270 e. The SMILES string of the molecule is COc1ccc2c(c1S(=O)(=O)Nc1noc3cc(Cn4cccn4)c(F)c(OC)c13)OCC1CC21. The second-order valence-electron chi connectivity index (χ2n) is 8.52. The Morgan fingerprint density at radius 3 is 2.89 bits per heavy atom. The Morgan fingerprint density at radius 1 is 1.29 bits per heavy atom. The van der Waals surface area contributed by atoms with E-state index in [1.807, 2.05) is 6.07 Å².